The molecule has 0 spiro atoms. The van der Waals surface area contributed by atoms with E-state index in [1.54, 1.807) is 35.0 Å². The fraction of sp³-hybridized carbons (Fsp3) is 0.100. The first-order chi connectivity index (χ1) is 13.7. The van der Waals surface area contributed by atoms with Gasteiger partial charge in [0.15, 0.2) is 5.65 Å². The lowest BCUT2D eigenvalue weighted by molar-refractivity contribution is 0.315. The van der Waals surface area contributed by atoms with Gasteiger partial charge in [-0.25, -0.2) is 14.0 Å². The number of aromatic nitrogens is 5. The van der Waals surface area contributed by atoms with Crippen molar-refractivity contribution in [2.24, 2.45) is 0 Å². The SMILES string of the molecule is Cc1cnn2c(NCc3ccc4nonc4c3)cc(-c3ccccc3F)nc12. The van der Waals surface area contributed by atoms with Crippen LogP contribution < -0.4 is 5.32 Å². The van der Waals surface area contributed by atoms with E-state index in [4.69, 9.17) is 4.63 Å². The first-order valence-electron chi connectivity index (χ1n) is 8.74. The fourth-order valence-electron chi connectivity index (χ4n) is 3.14. The lowest BCUT2D eigenvalue weighted by Gasteiger charge is -2.11. The quantitative estimate of drug-likeness (QED) is 0.512. The number of hydrogen-bond donors (Lipinski definition) is 1. The number of halogens is 1. The maximum Gasteiger partial charge on any atom is 0.160 e. The zero-order chi connectivity index (χ0) is 19.1. The van der Waals surface area contributed by atoms with Crippen LogP contribution in [-0.4, -0.2) is 24.9 Å². The van der Waals surface area contributed by atoms with Gasteiger partial charge in [-0.1, -0.05) is 18.2 Å². The molecular formula is C20H15FN6O. The second-order valence-electron chi connectivity index (χ2n) is 6.51. The number of nitrogens with one attached hydrogen (secondary N) is 1. The monoisotopic (exact) mass is 374 g/mol. The van der Waals surface area contributed by atoms with E-state index in [1.807, 2.05) is 25.1 Å². The Bertz CT molecular complexity index is 1310. The summed E-state index contributed by atoms with van der Waals surface area (Å²) in [5.41, 5.74) is 5.00. The lowest BCUT2D eigenvalue weighted by atomic mass is 10.1. The molecule has 2 aromatic carbocycles. The van der Waals surface area contributed by atoms with Crippen LogP contribution in [0.25, 0.3) is 27.9 Å². The third-order valence-electron chi connectivity index (χ3n) is 4.59. The summed E-state index contributed by atoms with van der Waals surface area (Å²) in [5.74, 6) is 0.404. The third-order valence-corrected chi connectivity index (χ3v) is 4.59. The van der Waals surface area contributed by atoms with Crippen LogP contribution in [0.5, 0.6) is 0 Å². The van der Waals surface area contributed by atoms with Crippen molar-refractivity contribution in [2.75, 3.05) is 5.32 Å². The van der Waals surface area contributed by atoms with E-state index in [9.17, 15) is 4.39 Å². The number of fused-ring (bicyclic) bond motifs is 2. The van der Waals surface area contributed by atoms with Crippen LogP contribution in [0.3, 0.4) is 0 Å². The van der Waals surface area contributed by atoms with E-state index in [-0.39, 0.29) is 5.82 Å². The maximum absolute atomic E-state index is 14.3. The highest BCUT2D eigenvalue weighted by molar-refractivity contribution is 5.74. The summed E-state index contributed by atoms with van der Waals surface area (Å²) < 4.78 is 20.8. The average Bonchev–Trinajstić information content (AvgIpc) is 3.33. The lowest BCUT2D eigenvalue weighted by Crippen LogP contribution is -2.07. The predicted octanol–water partition coefficient (Wildman–Crippen LogP) is 3.99. The normalized spacial score (nSPS) is 11.4. The summed E-state index contributed by atoms with van der Waals surface area (Å²) in [4.78, 5) is 4.61. The van der Waals surface area contributed by atoms with E-state index in [0.717, 1.165) is 16.9 Å². The molecule has 5 aromatic rings. The number of nitrogens with zero attached hydrogens (tertiary/aromatic N) is 5. The van der Waals surface area contributed by atoms with Crippen molar-refractivity contribution in [3.8, 4) is 11.3 Å². The predicted molar refractivity (Wildman–Crippen MR) is 102 cm³/mol. The van der Waals surface area contributed by atoms with Gasteiger partial charge in [0, 0.05) is 23.7 Å². The Morgan fingerprint density at radius 2 is 1.93 bits per heavy atom. The van der Waals surface area contributed by atoms with Gasteiger partial charge in [-0.3, -0.25) is 0 Å². The molecule has 0 saturated carbocycles. The molecular weight excluding hydrogens is 359 g/mol. The Labute approximate surface area is 158 Å². The molecule has 0 radical (unpaired) electrons. The van der Waals surface area contributed by atoms with Gasteiger partial charge in [-0.05, 0) is 47.1 Å². The first kappa shape index (κ1) is 16.4. The second kappa shape index (κ2) is 6.41. The highest BCUT2D eigenvalue weighted by Crippen LogP contribution is 2.26. The third kappa shape index (κ3) is 2.75. The van der Waals surface area contributed by atoms with Crippen LogP contribution in [0.4, 0.5) is 10.2 Å². The molecule has 1 N–H and O–H groups in total. The minimum absolute atomic E-state index is 0.313. The largest absolute Gasteiger partial charge is 0.366 e. The molecule has 0 aliphatic rings. The molecule has 0 aliphatic heterocycles. The second-order valence-corrected chi connectivity index (χ2v) is 6.51. The topological polar surface area (TPSA) is 81.1 Å². The highest BCUT2D eigenvalue weighted by Gasteiger charge is 2.13. The summed E-state index contributed by atoms with van der Waals surface area (Å²) in [6.45, 7) is 2.45. The number of anilines is 1. The van der Waals surface area contributed by atoms with Gasteiger partial charge in [-0.15, -0.1) is 0 Å². The number of aryl methyl sites for hydroxylation is 1. The van der Waals surface area contributed by atoms with Gasteiger partial charge in [0.2, 0.25) is 0 Å². The zero-order valence-corrected chi connectivity index (χ0v) is 14.9. The van der Waals surface area contributed by atoms with E-state index in [2.05, 4.69) is 25.7 Å². The van der Waals surface area contributed by atoms with Crippen molar-refractivity contribution in [1.29, 1.82) is 0 Å². The van der Waals surface area contributed by atoms with Crippen LogP contribution >= 0.6 is 0 Å². The summed E-state index contributed by atoms with van der Waals surface area (Å²) in [6.07, 6.45) is 1.74. The highest BCUT2D eigenvalue weighted by atomic mass is 19.1. The molecule has 0 amide bonds. The Morgan fingerprint density at radius 3 is 2.82 bits per heavy atom. The summed E-state index contributed by atoms with van der Waals surface area (Å²) >= 11 is 0. The summed E-state index contributed by atoms with van der Waals surface area (Å²) in [6, 6.07) is 14.1. The smallest absolute Gasteiger partial charge is 0.160 e. The zero-order valence-electron chi connectivity index (χ0n) is 14.9. The van der Waals surface area contributed by atoms with Crippen molar-refractivity contribution in [3.05, 3.63) is 71.7 Å². The molecule has 8 heteroatoms. The van der Waals surface area contributed by atoms with Crippen LogP contribution in [0, 0.1) is 12.7 Å². The van der Waals surface area contributed by atoms with Crippen LogP contribution in [0.15, 0.2) is 59.4 Å². The van der Waals surface area contributed by atoms with Crippen molar-refractivity contribution in [3.63, 3.8) is 0 Å². The molecule has 7 nitrogen and oxygen atoms in total. The van der Waals surface area contributed by atoms with Crippen molar-refractivity contribution < 1.29 is 9.02 Å². The first-order valence-corrected chi connectivity index (χ1v) is 8.74. The maximum atomic E-state index is 14.3. The molecule has 0 aliphatic carbocycles. The van der Waals surface area contributed by atoms with Crippen molar-refractivity contribution in [1.82, 2.24) is 24.9 Å². The molecule has 0 saturated heterocycles. The van der Waals surface area contributed by atoms with Gasteiger partial charge in [-0.2, -0.15) is 9.61 Å². The number of rotatable bonds is 4. The van der Waals surface area contributed by atoms with E-state index >= 15 is 0 Å². The van der Waals surface area contributed by atoms with Gasteiger partial charge in [0.25, 0.3) is 0 Å². The van der Waals surface area contributed by atoms with Gasteiger partial charge in [0.1, 0.15) is 22.7 Å². The van der Waals surface area contributed by atoms with E-state index < -0.39 is 0 Å². The fourth-order valence-corrected chi connectivity index (χ4v) is 3.14. The summed E-state index contributed by atoms with van der Waals surface area (Å²) in [7, 11) is 0. The molecule has 5 rings (SSSR count). The number of benzene rings is 2. The van der Waals surface area contributed by atoms with Crippen molar-refractivity contribution in [2.45, 2.75) is 13.5 Å². The Balaban J connectivity index is 1.55. The minimum atomic E-state index is -0.313. The molecule has 28 heavy (non-hydrogen) atoms. The van der Waals surface area contributed by atoms with Gasteiger partial charge in [0.05, 0.1) is 11.9 Å². The Morgan fingerprint density at radius 1 is 1.07 bits per heavy atom. The van der Waals surface area contributed by atoms with Crippen LogP contribution in [-0.2, 0) is 6.54 Å². The van der Waals surface area contributed by atoms with E-state index in [0.29, 0.717) is 34.5 Å². The van der Waals surface area contributed by atoms with E-state index in [1.165, 1.54) is 6.07 Å². The summed E-state index contributed by atoms with van der Waals surface area (Å²) in [5, 5.41) is 15.4. The molecule has 3 heterocycles. The van der Waals surface area contributed by atoms with Gasteiger partial charge >= 0.3 is 0 Å². The van der Waals surface area contributed by atoms with Gasteiger partial charge < -0.3 is 5.32 Å². The molecule has 3 aromatic heterocycles. The molecule has 0 atom stereocenters. The Hall–Kier alpha value is -3.81. The average molecular weight is 374 g/mol. The molecule has 0 fully saturated rings. The van der Waals surface area contributed by atoms with Crippen LogP contribution in [0.1, 0.15) is 11.1 Å². The molecule has 0 bridgehead atoms. The van der Waals surface area contributed by atoms with Crippen molar-refractivity contribution >= 4 is 22.5 Å². The molecule has 0 unspecified atom stereocenters. The van der Waals surface area contributed by atoms with Crippen LogP contribution in [0.2, 0.25) is 0 Å². The standard InChI is InChI=1S/C20H15FN6O/c1-12-10-23-27-19(22-11-13-6-7-16-18(8-13)26-28-25-16)9-17(24-20(12)27)14-4-2-3-5-15(14)21/h2-10,22H,11H2,1H3. The Kier molecular flexibility index (Phi) is 3.75. The minimum Gasteiger partial charge on any atom is -0.366 e. The molecule has 138 valence electrons. The number of hydrogen-bond acceptors (Lipinski definition) is 6.